The molecule has 0 unspecified atom stereocenters. The van der Waals surface area contributed by atoms with Crippen molar-refractivity contribution in [2.24, 2.45) is 5.92 Å². The number of hydrogen-bond acceptors (Lipinski definition) is 1. The highest BCUT2D eigenvalue weighted by molar-refractivity contribution is 7.80. The number of hydrogen-bond donors (Lipinski definition) is 1. The van der Waals surface area contributed by atoms with E-state index < -0.39 is 0 Å². The molecule has 108 valence electrons. The number of piperidine rings is 1. The summed E-state index contributed by atoms with van der Waals surface area (Å²) in [6.07, 6.45) is 8.18. The number of aryl methyl sites for hydroxylation is 1. The van der Waals surface area contributed by atoms with E-state index >= 15 is 0 Å². The van der Waals surface area contributed by atoms with E-state index in [4.69, 9.17) is 12.2 Å². The molecular formula is C17H24N2S. The molecule has 2 fully saturated rings. The summed E-state index contributed by atoms with van der Waals surface area (Å²) >= 11 is 5.68. The minimum Gasteiger partial charge on any atom is -0.346 e. The molecule has 1 aliphatic carbocycles. The van der Waals surface area contributed by atoms with Gasteiger partial charge in [0.2, 0.25) is 0 Å². The summed E-state index contributed by atoms with van der Waals surface area (Å²) in [7, 11) is 0. The Morgan fingerprint density at radius 2 is 2.00 bits per heavy atom. The van der Waals surface area contributed by atoms with Crippen LogP contribution >= 0.6 is 12.2 Å². The molecule has 1 saturated heterocycles. The lowest BCUT2D eigenvalue weighted by Gasteiger charge is -2.45. The summed E-state index contributed by atoms with van der Waals surface area (Å²) in [4.78, 5) is 2.46. The van der Waals surface area contributed by atoms with Crippen molar-refractivity contribution in [3.05, 3.63) is 29.8 Å². The normalized spacial score (nSPS) is 25.9. The van der Waals surface area contributed by atoms with Crippen LogP contribution in [0.15, 0.2) is 24.3 Å². The van der Waals surface area contributed by atoms with Crippen LogP contribution in [0.3, 0.4) is 0 Å². The molecule has 0 spiro atoms. The molecule has 0 radical (unpaired) electrons. The van der Waals surface area contributed by atoms with E-state index in [0.29, 0.717) is 6.04 Å². The summed E-state index contributed by atoms with van der Waals surface area (Å²) in [6.45, 7) is 3.24. The first-order valence-corrected chi connectivity index (χ1v) is 8.29. The van der Waals surface area contributed by atoms with E-state index in [9.17, 15) is 0 Å². The number of fused-ring (bicyclic) bond motifs is 1. The summed E-state index contributed by atoms with van der Waals surface area (Å²) in [5, 5.41) is 4.37. The minimum atomic E-state index is 0.683. The Morgan fingerprint density at radius 3 is 2.85 bits per heavy atom. The second kappa shape index (κ2) is 6.13. The summed E-state index contributed by atoms with van der Waals surface area (Å²) < 4.78 is 0. The quantitative estimate of drug-likeness (QED) is 0.774. The van der Waals surface area contributed by atoms with Gasteiger partial charge < -0.3 is 10.2 Å². The van der Waals surface area contributed by atoms with Gasteiger partial charge in [0.1, 0.15) is 0 Å². The molecule has 1 aromatic carbocycles. The molecule has 20 heavy (non-hydrogen) atoms. The van der Waals surface area contributed by atoms with Gasteiger partial charge in [-0.25, -0.2) is 0 Å². The Balaban J connectivity index is 1.69. The van der Waals surface area contributed by atoms with Crippen molar-refractivity contribution in [1.29, 1.82) is 0 Å². The smallest absolute Gasteiger partial charge is 0.173 e. The van der Waals surface area contributed by atoms with Crippen molar-refractivity contribution in [2.75, 3.05) is 11.9 Å². The van der Waals surface area contributed by atoms with Crippen molar-refractivity contribution < 1.29 is 0 Å². The standard InChI is InChI=1S/C17H24N2S/c1-13-6-4-9-15(12-13)18-17(20)19-11-5-8-14-7-2-3-10-16(14)19/h4,6,9,12,14,16H,2-3,5,7-8,10-11H2,1H3,(H,18,20)/t14-,16+/m0/s1. The van der Waals surface area contributed by atoms with Crippen molar-refractivity contribution in [1.82, 2.24) is 4.90 Å². The Bertz CT molecular complexity index is 484. The Kier molecular flexibility index (Phi) is 4.25. The van der Waals surface area contributed by atoms with E-state index in [1.54, 1.807) is 0 Å². The minimum absolute atomic E-state index is 0.683. The van der Waals surface area contributed by atoms with Gasteiger partial charge in [0.15, 0.2) is 5.11 Å². The molecule has 3 rings (SSSR count). The zero-order chi connectivity index (χ0) is 13.9. The summed E-state index contributed by atoms with van der Waals surface area (Å²) in [5.41, 5.74) is 2.39. The molecule has 2 nitrogen and oxygen atoms in total. The number of thiocarbonyl (C=S) groups is 1. The van der Waals surface area contributed by atoms with E-state index in [1.807, 2.05) is 0 Å². The Labute approximate surface area is 127 Å². The molecule has 2 aliphatic rings. The van der Waals surface area contributed by atoms with Crippen molar-refractivity contribution in [3.63, 3.8) is 0 Å². The van der Waals surface area contributed by atoms with Gasteiger partial charge in [-0.3, -0.25) is 0 Å². The monoisotopic (exact) mass is 288 g/mol. The lowest BCUT2D eigenvalue weighted by molar-refractivity contribution is 0.121. The molecule has 1 N–H and O–H groups in total. The fourth-order valence-corrected chi connectivity index (χ4v) is 4.14. The highest BCUT2D eigenvalue weighted by Gasteiger charge is 2.34. The Morgan fingerprint density at radius 1 is 1.20 bits per heavy atom. The average molecular weight is 288 g/mol. The predicted octanol–water partition coefficient (Wildman–Crippen LogP) is 4.35. The molecule has 0 amide bonds. The first-order chi connectivity index (χ1) is 9.74. The van der Waals surface area contributed by atoms with Crippen LogP contribution in [0.25, 0.3) is 0 Å². The fourth-order valence-electron chi connectivity index (χ4n) is 3.80. The number of benzene rings is 1. The maximum atomic E-state index is 5.68. The van der Waals surface area contributed by atoms with E-state index in [-0.39, 0.29) is 0 Å². The highest BCUT2D eigenvalue weighted by atomic mass is 32.1. The highest BCUT2D eigenvalue weighted by Crippen LogP contribution is 2.35. The molecule has 0 aromatic heterocycles. The maximum absolute atomic E-state index is 5.68. The molecule has 3 heteroatoms. The van der Waals surface area contributed by atoms with Gasteiger partial charge in [0.25, 0.3) is 0 Å². The van der Waals surface area contributed by atoms with Gasteiger partial charge in [-0.1, -0.05) is 25.0 Å². The van der Waals surface area contributed by atoms with Crippen LogP contribution in [-0.2, 0) is 0 Å². The van der Waals surface area contributed by atoms with Crippen LogP contribution < -0.4 is 5.32 Å². The maximum Gasteiger partial charge on any atom is 0.173 e. The molecule has 1 aliphatic heterocycles. The van der Waals surface area contributed by atoms with Crippen LogP contribution in [0.5, 0.6) is 0 Å². The molecule has 1 saturated carbocycles. The number of likely N-dealkylation sites (tertiary alicyclic amines) is 1. The topological polar surface area (TPSA) is 15.3 Å². The van der Waals surface area contributed by atoms with Gasteiger partial charge in [0, 0.05) is 18.3 Å². The molecular weight excluding hydrogens is 264 g/mol. The van der Waals surface area contributed by atoms with Gasteiger partial charge >= 0.3 is 0 Å². The Hall–Kier alpha value is -1.09. The number of nitrogens with one attached hydrogen (secondary N) is 1. The van der Waals surface area contributed by atoms with Gasteiger partial charge in [-0.2, -0.15) is 0 Å². The van der Waals surface area contributed by atoms with Crippen LogP contribution in [0, 0.1) is 12.8 Å². The van der Waals surface area contributed by atoms with E-state index in [2.05, 4.69) is 41.4 Å². The lowest BCUT2D eigenvalue weighted by Crippen LogP contribution is -2.51. The molecule has 1 aromatic rings. The number of nitrogens with zero attached hydrogens (tertiary/aromatic N) is 1. The van der Waals surface area contributed by atoms with Crippen LogP contribution in [0.4, 0.5) is 5.69 Å². The zero-order valence-corrected chi connectivity index (χ0v) is 13.1. The van der Waals surface area contributed by atoms with Gasteiger partial charge in [0.05, 0.1) is 0 Å². The van der Waals surface area contributed by atoms with Crippen LogP contribution in [0.1, 0.15) is 44.1 Å². The van der Waals surface area contributed by atoms with Crippen molar-refractivity contribution in [2.45, 2.75) is 51.5 Å². The van der Waals surface area contributed by atoms with E-state index in [0.717, 1.165) is 23.3 Å². The summed E-state index contributed by atoms with van der Waals surface area (Å²) in [5.74, 6) is 0.870. The zero-order valence-electron chi connectivity index (χ0n) is 12.3. The summed E-state index contributed by atoms with van der Waals surface area (Å²) in [6, 6.07) is 9.14. The third kappa shape index (κ3) is 2.98. The van der Waals surface area contributed by atoms with E-state index in [1.165, 1.54) is 44.1 Å². The van der Waals surface area contributed by atoms with Gasteiger partial charge in [-0.05, 0) is 68.4 Å². The van der Waals surface area contributed by atoms with Crippen molar-refractivity contribution >= 4 is 23.0 Å². The number of anilines is 1. The third-order valence-corrected chi connectivity index (χ3v) is 5.11. The molecule has 2 atom stereocenters. The average Bonchev–Trinajstić information content (AvgIpc) is 2.46. The predicted molar refractivity (Wildman–Crippen MR) is 89.1 cm³/mol. The second-order valence-corrected chi connectivity index (χ2v) is 6.63. The molecule has 1 heterocycles. The largest absolute Gasteiger partial charge is 0.346 e. The second-order valence-electron chi connectivity index (χ2n) is 6.25. The third-order valence-electron chi connectivity index (χ3n) is 4.77. The first kappa shape index (κ1) is 13.9. The lowest BCUT2D eigenvalue weighted by atomic mass is 9.78. The first-order valence-electron chi connectivity index (χ1n) is 7.88. The SMILES string of the molecule is Cc1cccc(NC(=S)N2CCC[C@@H]3CCCC[C@H]32)c1. The van der Waals surface area contributed by atoms with Crippen LogP contribution in [0.2, 0.25) is 0 Å². The van der Waals surface area contributed by atoms with Gasteiger partial charge in [-0.15, -0.1) is 0 Å². The van der Waals surface area contributed by atoms with Crippen molar-refractivity contribution in [3.8, 4) is 0 Å². The fraction of sp³-hybridized carbons (Fsp3) is 0.588. The molecule has 0 bridgehead atoms. The number of rotatable bonds is 1. The van der Waals surface area contributed by atoms with Crippen LogP contribution in [-0.4, -0.2) is 22.6 Å².